The zero-order chi connectivity index (χ0) is 13.7. The summed E-state index contributed by atoms with van der Waals surface area (Å²) < 4.78 is 5.51. The summed E-state index contributed by atoms with van der Waals surface area (Å²) in [5, 5.41) is 9.13. The minimum atomic E-state index is -0.0318. The fraction of sp³-hybridized carbons (Fsp3) is 0.400. The van der Waals surface area contributed by atoms with E-state index in [2.05, 4.69) is 6.58 Å². The van der Waals surface area contributed by atoms with Gasteiger partial charge in [-0.1, -0.05) is 24.8 Å². The molecule has 1 aliphatic heterocycles. The van der Waals surface area contributed by atoms with Crippen LogP contribution >= 0.6 is 0 Å². The van der Waals surface area contributed by atoms with E-state index in [9.17, 15) is 4.79 Å². The molecule has 4 heteroatoms. The number of rotatable bonds is 5. The average molecular weight is 261 g/mol. The molecule has 1 aliphatic rings. The molecule has 0 aromatic heterocycles. The summed E-state index contributed by atoms with van der Waals surface area (Å²) in [5.74, 6) is 0.751. The molecule has 19 heavy (non-hydrogen) atoms. The average Bonchev–Trinajstić information content (AvgIpc) is 2.93. The van der Waals surface area contributed by atoms with E-state index in [0.29, 0.717) is 31.0 Å². The lowest BCUT2D eigenvalue weighted by molar-refractivity contribution is 0.0778. The second kappa shape index (κ2) is 6.38. The van der Waals surface area contributed by atoms with Gasteiger partial charge in [0.2, 0.25) is 0 Å². The van der Waals surface area contributed by atoms with Gasteiger partial charge in [0, 0.05) is 25.6 Å². The Bertz CT molecular complexity index is 458. The summed E-state index contributed by atoms with van der Waals surface area (Å²) in [6.07, 6.45) is 2.51. The van der Waals surface area contributed by atoms with Crippen LogP contribution in [0.1, 0.15) is 16.8 Å². The first kappa shape index (κ1) is 13.6. The highest BCUT2D eigenvalue weighted by Crippen LogP contribution is 2.23. The highest BCUT2D eigenvalue weighted by atomic mass is 16.5. The van der Waals surface area contributed by atoms with Crippen molar-refractivity contribution in [2.45, 2.75) is 6.42 Å². The van der Waals surface area contributed by atoms with E-state index >= 15 is 0 Å². The van der Waals surface area contributed by atoms with Gasteiger partial charge in [-0.25, -0.2) is 0 Å². The van der Waals surface area contributed by atoms with E-state index in [-0.39, 0.29) is 18.4 Å². The second-order valence-corrected chi connectivity index (χ2v) is 4.68. The molecule has 102 valence electrons. The number of hydrogen-bond donors (Lipinski definition) is 1. The maximum Gasteiger partial charge on any atom is 0.257 e. The van der Waals surface area contributed by atoms with Gasteiger partial charge in [-0.2, -0.15) is 0 Å². The molecule has 1 aromatic carbocycles. The quantitative estimate of drug-likeness (QED) is 0.821. The van der Waals surface area contributed by atoms with Gasteiger partial charge in [-0.05, 0) is 18.6 Å². The van der Waals surface area contributed by atoms with Gasteiger partial charge in [0.15, 0.2) is 0 Å². The normalized spacial score (nSPS) is 18.4. The number of nitrogens with zero attached hydrogens (tertiary/aromatic N) is 1. The number of hydrogen-bond acceptors (Lipinski definition) is 3. The summed E-state index contributed by atoms with van der Waals surface area (Å²) >= 11 is 0. The summed E-state index contributed by atoms with van der Waals surface area (Å²) in [7, 11) is 0. The smallest absolute Gasteiger partial charge is 0.257 e. The third-order valence-electron chi connectivity index (χ3n) is 3.31. The summed E-state index contributed by atoms with van der Waals surface area (Å²) in [6.45, 7) is 5.43. The Kier molecular flexibility index (Phi) is 4.58. The first-order chi connectivity index (χ1) is 9.26. The van der Waals surface area contributed by atoms with E-state index in [0.717, 1.165) is 6.42 Å². The van der Waals surface area contributed by atoms with Gasteiger partial charge in [-0.3, -0.25) is 4.79 Å². The molecule has 1 saturated heterocycles. The number of amides is 1. The van der Waals surface area contributed by atoms with E-state index < -0.39 is 0 Å². The molecule has 1 atom stereocenters. The zero-order valence-electron chi connectivity index (χ0n) is 10.9. The van der Waals surface area contributed by atoms with E-state index in [1.807, 2.05) is 12.1 Å². The molecule has 4 nitrogen and oxygen atoms in total. The SMILES string of the molecule is C=CCOc1ccccc1C(=O)N1CCC(CO)C1. The molecule has 2 rings (SSSR count). The summed E-state index contributed by atoms with van der Waals surface area (Å²) in [5.41, 5.74) is 0.572. The zero-order valence-corrected chi connectivity index (χ0v) is 10.9. The molecule has 0 bridgehead atoms. The molecule has 1 N–H and O–H groups in total. The van der Waals surface area contributed by atoms with Crippen LogP contribution in [0.25, 0.3) is 0 Å². The van der Waals surface area contributed by atoms with Crippen molar-refractivity contribution in [3.8, 4) is 5.75 Å². The predicted molar refractivity (Wildman–Crippen MR) is 73.2 cm³/mol. The highest BCUT2D eigenvalue weighted by Gasteiger charge is 2.27. The number of likely N-dealkylation sites (tertiary alicyclic amines) is 1. The Morgan fingerprint density at radius 2 is 2.32 bits per heavy atom. The lowest BCUT2D eigenvalue weighted by Crippen LogP contribution is -2.29. The number of benzene rings is 1. The number of para-hydroxylation sites is 1. The van der Waals surface area contributed by atoms with Gasteiger partial charge in [0.1, 0.15) is 12.4 Å². The van der Waals surface area contributed by atoms with Gasteiger partial charge in [-0.15, -0.1) is 0 Å². The van der Waals surface area contributed by atoms with Crippen LogP contribution in [0.4, 0.5) is 0 Å². The largest absolute Gasteiger partial charge is 0.489 e. The maximum atomic E-state index is 12.4. The number of ether oxygens (including phenoxy) is 1. The highest BCUT2D eigenvalue weighted by molar-refractivity contribution is 5.97. The van der Waals surface area contributed by atoms with E-state index in [1.165, 1.54) is 0 Å². The topological polar surface area (TPSA) is 49.8 Å². The van der Waals surface area contributed by atoms with Crippen molar-refractivity contribution in [2.75, 3.05) is 26.3 Å². The van der Waals surface area contributed by atoms with Crippen LogP contribution in [0.5, 0.6) is 5.75 Å². The predicted octanol–water partition coefficient (Wildman–Crippen LogP) is 1.71. The Hall–Kier alpha value is -1.81. The molecule has 1 aromatic rings. The van der Waals surface area contributed by atoms with Crippen LogP contribution in [-0.2, 0) is 0 Å². The van der Waals surface area contributed by atoms with Crippen LogP contribution in [0.3, 0.4) is 0 Å². The van der Waals surface area contributed by atoms with Gasteiger partial charge in [0.25, 0.3) is 5.91 Å². The molecule has 0 aliphatic carbocycles. The van der Waals surface area contributed by atoms with E-state index in [4.69, 9.17) is 9.84 Å². The molecule has 1 amide bonds. The molecule has 1 heterocycles. The van der Waals surface area contributed by atoms with Crippen molar-refractivity contribution in [1.29, 1.82) is 0 Å². The lowest BCUT2D eigenvalue weighted by atomic mass is 10.1. The Labute approximate surface area is 113 Å². The maximum absolute atomic E-state index is 12.4. The van der Waals surface area contributed by atoms with Crippen LogP contribution in [-0.4, -0.2) is 42.2 Å². The lowest BCUT2D eigenvalue weighted by Gasteiger charge is -2.18. The van der Waals surface area contributed by atoms with Gasteiger partial charge < -0.3 is 14.7 Å². The molecular formula is C15H19NO3. The molecule has 1 fully saturated rings. The van der Waals surface area contributed by atoms with Crippen LogP contribution in [0.2, 0.25) is 0 Å². The first-order valence-electron chi connectivity index (χ1n) is 6.49. The first-order valence-corrected chi connectivity index (χ1v) is 6.49. The minimum absolute atomic E-state index is 0.0318. The van der Waals surface area contributed by atoms with Crippen molar-refractivity contribution in [3.63, 3.8) is 0 Å². The van der Waals surface area contributed by atoms with Crippen molar-refractivity contribution in [3.05, 3.63) is 42.5 Å². The van der Waals surface area contributed by atoms with Crippen LogP contribution in [0.15, 0.2) is 36.9 Å². The van der Waals surface area contributed by atoms with E-state index in [1.54, 1.807) is 23.1 Å². The van der Waals surface area contributed by atoms with Crippen molar-refractivity contribution in [1.82, 2.24) is 4.90 Å². The fourth-order valence-electron chi connectivity index (χ4n) is 2.25. The number of aliphatic hydroxyl groups excluding tert-OH is 1. The number of carbonyl (C=O) groups excluding carboxylic acids is 1. The molecule has 0 radical (unpaired) electrons. The number of aliphatic hydroxyl groups is 1. The Balaban J connectivity index is 2.12. The monoisotopic (exact) mass is 261 g/mol. The van der Waals surface area contributed by atoms with Crippen LogP contribution < -0.4 is 4.74 Å². The molecular weight excluding hydrogens is 242 g/mol. The fourth-order valence-corrected chi connectivity index (χ4v) is 2.25. The van der Waals surface area contributed by atoms with Gasteiger partial charge in [0.05, 0.1) is 5.56 Å². The van der Waals surface area contributed by atoms with Gasteiger partial charge >= 0.3 is 0 Å². The van der Waals surface area contributed by atoms with Crippen molar-refractivity contribution < 1.29 is 14.6 Å². The summed E-state index contributed by atoms with van der Waals surface area (Å²) in [6, 6.07) is 7.23. The summed E-state index contributed by atoms with van der Waals surface area (Å²) in [4.78, 5) is 14.2. The van der Waals surface area contributed by atoms with Crippen molar-refractivity contribution >= 4 is 5.91 Å². The third-order valence-corrected chi connectivity index (χ3v) is 3.31. The third kappa shape index (κ3) is 3.15. The second-order valence-electron chi connectivity index (χ2n) is 4.68. The standard InChI is InChI=1S/C15H19NO3/c1-2-9-19-14-6-4-3-5-13(14)15(18)16-8-7-12(10-16)11-17/h2-6,12,17H,1,7-11H2. The van der Waals surface area contributed by atoms with Crippen molar-refractivity contribution in [2.24, 2.45) is 5.92 Å². The molecule has 1 unspecified atom stereocenters. The minimum Gasteiger partial charge on any atom is -0.489 e. The Morgan fingerprint density at radius 1 is 1.53 bits per heavy atom. The Morgan fingerprint density at radius 3 is 3.00 bits per heavy atom. The van der Waals surface area contributed by atoms with Crippen LogP contribution in [0, 0.1) is 5.92 Å². The number of carbonyl (C=O) groups is 1. The molecule has 0 spiro atoms. The molecule has 0 saturated carbocycles.